The number of benzene rings is 2. The number of anilines is 1. The van der Waals surface area contributed by atoms with Crippen LogP contribution in [0, 0.1) is 12.7 Å². The molecule has 0 bridgehead atoms. The minimum atomic E-state index is -0.514. The first kappa shape index (κ1) is 20.1. The largest absolute Gasteiger partial charge is 0.325 e. The topological polar surface area (TPSA) is 53.8 Å². The quantitative estimate of drug-likeness (QED) is 0.684. The van der Waals surface area contributed by atoms with E-state index in [2.05, 4.69) is 36.5 Å². The van der Waals surface area contributed by atoms with Gasteiger partial charge in [-0.25, -0.2) is 9.38 Å². The maximum Gasteiger partial charge on any atom is 0.234 e. The molecule has 29 heavy (non-hydrogen) atoms. The van der Waals surface area contributed by atoms with Gasteiger partial charge in [-0.05, 0) is 50.8 Å². The van der Waals surface area contributed by atoms with Gasteiger partial charge in [-0.1, -0.05) is 53.2 Å². The summed E-state index contributed by atoms with van der Waals surface area (Å²) in [7, 11) is 0. The van der Waals surface area contributed by atoms with Crippen LogP contribution in [0.1, 0.15) is 36.8 Å². The number of amides is 1. The van der Waals surface area contributed by atoms with E-state index in [1.807, 2.05) is 0 Å². The molecule has 0 radical (unpaired) electrons. The molecule has 1 fully saturated rings. The van der Waals surface area contributed by atoms with Crippen molar-refractivity contribution in [3.05, 3.63) is 64.4 Å². The Morgan fingerprint density at radius 2 is 1.90 bits per heavy atom. The zero-order valence-electron chi connectivity index (χ0n) is 16.0. The lowest BCUT2D eigenvalue weighted by atomic mass is 10.1. The summed E-state index contributed by atoms with van der Waals surface area (Å²) in [5, 5.41) is 3.54. The molecule has 4 nitrogen and oxygen atoms in total. The Balaban J connectivity index is 1.48. The molecule has 1 aliphatic carbocycles. The SMILES string of the molecule is Cc1ccc(C2=NC3(CCCC3)N=C2SCC(=O)Nc2ccc(F)c(Cl)c2)cc1. The number of thioether (sulfide) groups is 1. The van der Waals surface area contributed by atoms with Crippen molar-refractivity contribution in [2.24, 2.45) is 9.98 Å². The van der Waals surface area contributed by atoms with Gasteiger partial charge in [-0.2, -0.15) is 0 Å². The summed E-state index contributed by atoms with van der Waals surface area (Å²) < 4.78 is 13.3. The van der Waals surface area contributed by atoms with Crippen LogP contribution in [0.5, 0.6) is 0 Å². The maximum absolute atomic E-state index is 13.3. The number of halogens is 2. The molecule has 0 atom stereocenters. The van der Waals surface area contributed by atoms with E-state index >= 15 is 0 Å². The predicted octanol–water partition coefficient (Wildman–Crippen LogP) is 5.63. The Bertz CT molecular complexity index is 998. The average Bonchev–Trinajstić information content (AvgIpc) is 3.31. The second-order valence-corrected chi connectivity index (χ2v) is 8.77. The molecule has 1 aliphatic heterocycles. The monoisotopic (exact) mass is 429 g/mol. The van der Waals surface area contributed by atoms with Crippen molar-refractivity contribution in [1.29, 1.82) is 0 Å². The number of aryl methyl sites for hydroxylation is 1. The number of carbonyl (C=O) groups excluding carboxylic acids is 1. The fraction of sp³-hybridized carbons (Fsp3) is 0.318. The molecule has 1 N–H and O–H groups in total. The van der Waals surface area contributed by atoms with E-state index in [1.165, 1.54) is 35.5 Å². The second kappa shape index (κ2) is 8.28. The molecule has 7 heteroatoms. The van der Waals surface area contributed by atoms with Crippen molar-refractivity contribution in [2.75, 3.05) is 11.1 Å². The minimum Gasteiger partial charge on any atom is -0.325 e. The van der Waals surface area contributed by atoms with E-state index in [-0.39, 0.29) is 22.3 Å². The first-order chi connectivity index (χ1) is 13.9. The highest BCUT2D eigenvalue weighted by Gasteiger charge is 2.39. The van der Waals surface area contributed by atoms with Gasteiger partial charge in [0.15, 0.2) is 5.66 Å². The third-order valence-corrected chi connectivity index (χ3v) is 6.36. The molecular formula is C22H21ClFN3OS. The van der Waals surface area contributed by atoms with Crippen LogP contribution in [-0.4, -0.2) is 28.1 Å². The Morgan fingerprint density at radius 1 is 1.17 bits per heavy atom. The Hall–Kier alpha value is -2.18. The number of nitrogens with zero attached hydrogens (tertiary/aromatic N) is 2. The van der Waals surface area contributed by atoms with Crippen LogP contribution in [0.3, 0.4) is 0 Å². The van der Waals surface area contributed by atoms with Crippen molar-refractivity contribution >= 4 is 45.7 Å². The summed E-state index contributed by atoms with van der Waals surface area (Å²) in [6.45, 7) is 2.05. The molecule has 0 unspecified atom stereocenters. The Kier molecular flexibility index (Phi) is 5.74. The van der Waals surface area contributed by atoms with Gasteiger partial charge in [0, 0.05) is 11.3 Å². The molecule has 2 aromatic carbocycles. The zero-order chi connectivity index (χ0) is 20.4. The molecule has 1 amide bonds. The van der Waals surface area contributed by atoms with Crippen molar-refractivity contribution in [3.8, 4) is 0 Å². The molecular weight excluding hydrogens is 409 g/mol. The van der Waals surface area contributed by atoms with Gasteiger partial charge in [0.1, 0.15) is 10.9 Å². The van der Waals surface area contributed by atoms with Crippen molar-refractivity contribution in [1.82, 2.24) is 0 Å². The van der Waals surface area contributed by atoms with E-state index in [9.17, 15) is 9.18 Å². The Morgan fingerprint density at radius 3 is 2.59 bits per heavy atom. The molecule has 0 aromatic heterocycles. The van der Waals surface area contributed by atoms with Crippen LogP contribution in [0.2, 0.25) is 5.02 Å². The summed E-state index contributed by atoms with van der Waals surface area (Å²) in [6, 6.07) is 12.4. The number of carbonyl (C=O) groups is 1. The smallest absolute Gasteiger partial charge is 0.234 e. The molecule has 1 spiro atoms. The maximum atomic E-state index is 13.3. The summed E-state index contributed by atoms with van der Waals surface area (Å²) in [6.07, 6.45) is 4.15. The van der Waals surface area contributed by atoms with Gasteiger partial charge < -0.3 is 5.32 Å². The van der Waals surface area contributed by atoms with Crippen LogP contribution in [0.25, 0.3) is 0 Å². The summed E-state index contributed by atoms with van der Waals surface area (Å²) in [5.74, 6) is -0.523. The fourth-order valence-electron chi connectivity index (χ4n) is 3.59. The standard InChI is InChI=1S/C22H21ClFN3OS/c1-14-4-6-15(7-5-14)20-21(27-22(26-20)10-2-3-11-22)29-13-19(28)25-16-8-9-18(24)17(23)12-16/h4-9,12H,2-3,10-11,13H2,1H3,(H,25,28). The van der Waals surface area contributed by atoms with Gasteiger partial charge in [-0.15, -0.1) is 0 Å². The van der Waals surface area contributed by atoms with Gasteiger partial charge in [0.25, 0.3) is 0 Å². The lowest BCUT2D eigenvalue weighted by molar-refractivity contribution is -0.113. The first-order valence-corrected chi connectivity index (χ1v) is 11.0. The van der Waals surface area contributed by atoms with E-state index < -0.39 is 5.82 Å². The second-order valence-electron chi connectivity index (χ2n) is 7.40. The van der Waals surface area contributed by atoms with E-state index in [0.29, 0.717) is 5.69 Å². The molecule has 2 aliphatic rings. The van der Waals surface area contributed by atoms with Gasteiger partial charge in [0.05, 0.1) is 16.5 Å². The van der Waals surface area contributed by atoms with Crippen molar-refractivity contribution < 1.29 is 9.18 Å². The van der Waals surface area contributed by atoms with E-state index in [4.69, 9.17) is 21.6 Å². The number of hydrogen-bond donors (Lipinski definition) is 1. The van der Waals surface area contributed by atoms with E-state index in [1.54, 1.807) is 0 Å². The van der Waals surface area contributed by atoms with Gasteiger partial charge in [-0.3, -0.25) is 9.79 Å². The average molecular weight is 430 g/mol. The van der Waals surface area contributed by atoms with Crippen LogP contribution >= 0.6 is 23.4 Å². The molecule has 1 heterocycles. The predicted molar refractivity (Wildman–Crippen MR) is 119 cm³/mol. The molecule has 150 valence electrons. The van der Waals surface area contributed by atoms with Crippen LogP contribution in [0.4, 0.5) is 10.1 Å². The summed E-state index contributed by atoms with van der Waals surface area (Å²) >= 11 is 7.17. The highest BCUT2D eigenvalue weighted by Crippen LogP contribution is 2.40. The third kappa shape index (κ3) is 4.54. The number of hydrogen-bond acceptors (Lipinski definition) is 4. The molecule has 4 rings (SSSR count). The van der Waals surface area contributed by atoms with Crippen molar-refractivity contribution in [2.45, 2.75) is 38.3 Å². The zero-order valence-corrected chi connectivity index (χ0v) is 17.6. The number of aliphatic imine (C=N–C) groups is 2. The lowest BCUT2D eigenvalue weighted by Crippen LogP contribution is -2.17. The Labute approximate surface area is 178 Å². The molecule has 0 saturated heterocycles. The van der Waals surface area contributed by atoms with Crippen molar-refractivity contribution in [3.63, 3.8) is 0 Å². The normalized spacial score (nSPS) is 17.3. The number of rotatable bonds is 4. The van der Waals surface area contributed by atoms with Crippen LogP contribution < -0.4 is 5.32 Å². The van der Waals surface area contributed by atoms with Crippen LogP contribution in [0.15, 0.2) is 52.4 Å². The fourth-order valence-corrected chi connectivity index (χ4v) is 4.65. The van der Waals surface area contributed by atoms with Gasteiger partial charge >= 0.3 is 0 Å². The van der Waals surface area contributed by atoms with E-state index in [0.717, 1.165) is 42.0 Å². The minimum absolute atomic E-state index is 0.0208. The van der Waals surface area contributed by atoms with Gasteiger partial charge in [0.2, 0.25) is 5.91 Å². The lowest BCUT2D eigenvalue weighted by Gasteiger charge is -2.14. The number of nitrogens with one attached hydrogen (secondary N) is 1. The summed E-state index contributed by atoms with van der Waals surface area (Å²) in [4.78, 5) is 22.3. The van der Waals surface area contributed by atoms with Crippen LogP contribution in [-0.2, 0) is 4.79 Å². The molecule has 2 aromatic rings. The first-order valence-electron chi connectivity index (χ1n) is 9.59. The highest BCUT2D eigenvalue weighted by atomic mass is 35.5. The highest BCUT2D eigenvalue weighted by molar-refractivity contribution is 8.16. The molecule has 1 saturated carbocycles. The third-order valence-electron chi connectivity index (χ3n) is 5.10. The summed E-state index contributed by atoms with van der Waals surface area (Å²) in [5.41, 5.74) is 3.19.